The molecule has 0 bridgehead atoms. The summed E-state index contributed by atoms with van der Waals surface area (Å²) in [4.78, 5) is 26.7. The van der Waals surface area contributed by atoms with Crippen LogP contribution in [0.2, 0.25) is 5.02 Å². The van der Waals surface area contributed by atoms with Crippen molar-refractivity contribution in [1.82, 2.24) is 24.5 Å². The predicted molar refractivity (Wildman–Crippen MR) is 145 cm³/mol. The molecule has 41 heavy (non-hydrogen) atoms. The van der Waals surface area contributed by atoms with Crippen LogP contribution >= 0.6 is 11.6 Å². The Hall–Kier alpha value is -4.65. The maximum Gasteiger partial charge on any atom is 0.470 e. The first-order chi connectivity index (χ1) is 19.5. The van der Waals surface area contributed by atoms with Gasteiger partial charge in [0.1, 0.15) is 11.8 Å². The lowest BCUT2D eigenvalue weighted by atomic mass is 9.99. The molecule has 14 heteroatoms. The topological polar surface area (TPSA) is 117 Å². The number of fused-ring (bicyclic) bond motifs is 1. The highest BCUT2D eigenvalue weighted by atomic mass is 35.5. The molecule has 0 radical (unpaired) electrons. The molecule has 0 saturated carbocycles. The van der Waals surface area contributed by atoms with Gasteiger partial charge in [0, 0.05) is 46.5 Å². The van der Waals surface area contributed by atoms with E-state index in [1.54, 1.807) is 36.9 Å². The molecule has 0 aliphatic carbocycles. The van der Waals surface area contributed by atoms with Gasteiger partial charge in [-0.05, 0) is 48.4 Å². The van der Waals surface area contributed by atoms with E-state index in [-0.39, 0.29) is 33.9 Å². The van der Waals surface area contributed by atoms with Crippen molar-refractivity contribution >= 4 is 34.1 Å². The van der Waals surface area contributed by atoms with Crippen LogP contribution in [0.25, 0.3) is 33.5 Å². The molecule has 2 aromatic carbocycles. The van der Waals surface area contributed by atoms with Crippen LogP contribution in [0.3, 0.4) is 0 Å². The van der Waals surface area contributed by atoms with E-state index in [0.717, 1.165) is 10.9 Å². The zero-order valence-electron chi connectivity index (χ0n) is 21.9. The molecule has 3 heterocycles. The van der Waals surface area contributed by atoms with Gasteiger partial charge in [-0.2, -0.15) is 18.3 Å². The highest BCUT2D eigenvalue weighted by Crippen LogP contribution is 2.39. The van der Waals surface area contributed by atoms with Crippen molar-refractivity contribution in [2.24, 2.45) is 7.05 Å². The monoisotopic (exact) mass is 586 g/mol. The van der Waals surface area contributed by atoms with Gasteiger partial charge in [-0.25, -0.2) is 0 Å². The molecular formula is C27H22ClF3N6O4. The van der Waals surface area contributed by atoms with Crippen LogP contribution in [0.4, 0.5) is 18.9 Å². The molecule has 3 aromatic heterocycles. The van der Waals surface area contributed by atoms with Gasteiger partial charge in [-0.3, -0.25) is 18.8 Å². The van der Waals surface area contributed by atoms with E-state index < -0.39 is 35.5 Å². The molecule has 1 amide bonds. The summed E-state index contributed by atoms with van der Waals surface area (Å²) in [5.41, 5.74) is 1.27. The number of rotatable bonds is 7. The third-order valence-corrected chi connectivity index (χ3v) is 6.58. The Labute approximate surface area is 235 Å². The highest BCUT2D eigenvalue weighted by molar-refractivity contribution is 6.31. The highest BCUT2D eigenvalue weighted by Gasteiger charge is 2.38. The van der Waals surface area contributed by atoms with Crippen LogP contribution in [-0.2, 0) is 18.0 Å². The lowest BCUT2D eigenvalue weighted by molar-refractivity contribution is -0.157. The number of carbonyl (C=O) groups excluding carboxylic acids is 1. The number of carbonyl (C=O) groups is 1. The number of pyridine rings is 1. The molecule has 1 atom stereocenters. The van der Waals surface area contributed by atoms with Crippen molar-refractivity contribution in [3.05, 3.63) is 76.1 Å². The number of hydrogen-bond donors (Lipinski definition) is 1. The minimum Gasteiger partial charge on any atom is -0.495 e. The van der Waals surface area contributed by atoms with E-state index in [1.165, 1.54) is 42.1 Å². The van der Waals surface area contributed by atoms with Crippen LogP contribution in [0.1, 0.15) is 25.3 Å². The summed E-state index contributed by atoms with van der Waals surface area (Å²) in [6.45, 7) is 1.75. The van der Waals surface area contributed by atoms with Gasteiger partial charge in [-0.15, -0.1) is 10.2 Å². The van der Waals surface area contributed by atoms with Crippen molar-refractivity contribution in [2.45, 2.75) is 25.6 Å². The lowest BCUT2D eigenvalue weighted by Crippen LogP contribution is -2.32. The van der Waals surface area contributed by atoms with Crippen molar-refractivity contribution in [3.63, 3.8) is 0 Å². The number of alkyl halides is 3. The first kappa shape index (κ1) is 27.9. The second-order valence-electron chi connectivity index (χ2n) is 9.09. The minimum absolute atomic E-state index is 0.100. The number of halogens is 4. The predicted octanol–water partition coefficient (Wildman–Crippen LogP) is 5.72. The number of anilines is 1. The second-order valence-corrected chi connectivity index (χ2v) is 9.53. The van der Waals surface area contributed by atoms with Gasteiger partial charge in [0.25, 0.3) is 5.56 Å². The zero-order chi connectivity index (χ0) is 29.5. The molecule has 0 spiro atoms. The van der Waals surface area contributed by atoms with Gasteiger partial charge >= 0.3 is 12.1 Å². The van der Waals surface area contributed by atoms with Crippen LogP contribution in [-0.4, -0.2) is 37.6 Å². The van der Waals surface area contributed by atoms with Crippen LogP contribution < -0.4 is 15.6 Å². The van der Waals surface area contributed by atoms with Crippen LogP contribution in [0.5, 0.6) is 5.75 Å². The second kappa shape index (κ2) is 10.7. The van der Waals surface area contributed by atoms with Crippen molar-refractivity contribution in [3.8, 4) is 28.3 Å². The SMILES string of the molecule is CCC(C(=O)Nc1ccc2nn(C)cc2c1)n1cc(OC)c(-c2cc(Cl)ccc2-c2nnc(C(F)(F)F)o2)cc1=O. The van der Waals surface area contributed by atoms with Gasteiger partial charge in [0.05, 0.1) is 18.8 Å². The van der Waals surface area contributed by atoms with E-state index in [1.807, 2.05) is 6.20 Å². The Morgan fingerprint density at radius 2 is 1.88 bits per heavy atom. The average Bonchev–Trinajstić information content (AvgIpc) is 3.56. The fourth-order valence-corrected chi connectivity index (χ4v) is 4.65. The summed E-state index contributed by atoms with van der Waals surface area (Å²) >= 11 is 6.20. The zero-order valence-corrected chi connectivity index (χ0v) is 22.6. The van der Waals surface area contributed by atoms with Crippen LogP contribution in [0, 0.1) is 0 Å². The number of ether oxygens (including phenoxy) is 1. The summed E-state index contributed by atoms with van der Waals surface area (Å²) in [6.07, 6.45) is -1.38. The molecule has 5 rings (SSSR count). The Balaban J connectivity index is 1.52. The smallest absolute Gasteiger partial charge is 0.470 e. The summed E-state index contributed by atoms with van der Waals surface area (Å²) < 4.78 is 52.6. The number of aromatic nitrogens is 5. The first-order valence-corrected chi connectivity index (χ1v) is 12.6. The fraction of sp³-hybridized carbons (Fsp3) is 0.222. The van der Waals surface area contributed by atoms with E-state index >= 15 is 0 Å². The molecule has 5 aromatic rings. The minimum atomic E-state index is -4.84. The number of benzene rings is 2. The Bertz CT molecular complexity index is 1830. The summed E-state index contributed by atoms with van der Waals surface area (Å²) in [7, 11) is 3.15. The molecule has 1 N–H and O–H groups in total. The van der Waals surface area contributed by atoms with Crippen molar-refractivity contribution < 1.29 is 27.1 Å². The summed E-state index contributed by atoms with van der Waals surface area (Å²) in [5, 5.41) is 14.8. The molecule has 0 aliphatic rings. The Kier molecular flexibility index (Phi) is 7.30. The maximum absolute atomic E-state index is 13.4. The lowest BCUT2D eigenvalue weighted by Gasteiger charge is -2.20. The molecule has 0 saturated heterocycles. The van der Waals surface area contributed by atoms with Gasteiger partial charge in [0.2, 0.25) is 11.8 Å². The van der Waals surface area contributed by atoms with E-state index in [0.29, 0.717) is 5.69 Å². The molecule has 212 valence electrons. The number of nitrogens with zero attached hydrogens (tertiary/aromatic N) is 5. The maximum atomic E-state index is 13.4. The molecule has 1 unspecified atom stereocenters. The van der Waals surface area contributed by atoms with Gasteiger partial charge in [0.15, 0.2) is 0 Å². The fourth-order valence-electron chi connectivity index (χ4n) is 4.48. The number of amides is 1. The Morgan fingerprint density at radius 3 is 2.56 bits per heavy atom. The largest absolute Gasteiger partial charge is 0.495 e. The summed E-state index contributed by atoms with van der Waals surface area (Å²) in [6, 6.07) is 9.86. The third-order valence-electron chi connectivity index (χ3n) is 6.35. The standard InChI is InChI=1S/C27H22ClF3N6O4/c1-4-21(24(39)32-16-6-8-20-14(9-16)12-36(2)35-20)37-13-22(40-3)19(11-23(37)38)18-10-15(28)5-7-17(18)25-33-34-26(41-25)27(29,30)31/h5-13,21H,4H2,1-3H3,(H,32,39). The number of aryl methyl sites for hydroxylation is 1. The first-order valence-electron chi connectivity index (χ1n) is 12.2. The van der Waals surface area contributed by atoms with E-state index in [4.69, 9.17) is 20.8 Å². The molecular weight excluding hydrogens is 565 g/mol. The number of hydrogen-bond acceptors (Lipinski definition) is 7. The third kappa shape index (κ3) is 5.53. The molecule has 10 nitrogen and oxygen atoms in total. The van der Waals surface area contributed by atoms with E-state index in [9.17, 15) is 22.8 Å². The van der Waals surface area contributed by atoms with E-state index in [2.05, 4.69) is 20.6 Å². The van der Waals surface area contributed by atoms with Crippen molar-refractivity contribution in [1.29, 1.82) is 0 Å². The average molecular weight is 587 g/mol. The quantitative estimate of drug-likeness (QED) is 0.259. The normalized spacial score (nSPS) is 12.5. The number of nitrogens with one attached hydrogen (secondary N) is 1. The number of methoxy groups -OCH3 is 1. The van der Waals surface area contributed by atoms with Crippen molar-refractivity contribution in [2.75, 3.05) is 12.4 Å². The van der Waals surface area contributed by atoms with Gasteiger partial charge in [-0.1, -0.05) is 18.5 Å². The van der Waals surface area contributed by atoms with Gasteiger partial charge < -0.3 is 14.5 Å². The molecule has 0 aliphatic heterocycles. The molecule has 0 fully saturated rings. The summed E-state index contributed by atoms with van der Waals surface area (Å²) in [5.74, 6) is -2.21. The van der Waals surface area contributed by atoms with Crippen LogP contribution in [0.15, 0.2) is 64.1 Å². The Morgan fingerprint density at radius 1 is 1.10 bits per heavy atom.